The minimum Gasteiger partial charge on any atom is -0.493 e. The third-order valence-electron chi connectivity index (χ3n) is 3.00. The number of ether oxygens (including phenoxy) is 2. The molecule has 0 aliphatic carbocycles. The average Bonchev–Trinajstić information content (AvgIpc) is 2.55. The van der Waals surface area contributed by atoms with E-state index in [1.807, 2.05) is 0 Å². The van der Waals surface area contributed by atoms with Gasteiger partial charge in [-0.25, -0.2) is 5.43 Å². The van der Waals surface area contributed by atoms with E-state index in [1.165, 1.54) is 32.4 Å². The summed E-state index contributed by atoms with van der Waals surface area (Å²) in [4.78, 5) is 23.1. The van der Waals surface area contributed by atoms with E-state index in [1.54, 1.807) is 24.3 Å². The molecule has 0 atom stereocenters. The fraction of sp³-hybridized carbons (Fsp3) is 0.118. The van der Waals surface area contributed by atoms with E-state index >= 15 is 0 Å². The monoisotopic (exact) mass is 380 g/mol. The van der Waals surface area contributed by atoms with Crippen LogP contribution in [0.2, 0.25) is 10.0 Å². The predicted octanol–water partition coefficient (Wildman–Crippen LogP) is 3.69. The van der Waals surface area contributed by atoms with Crippen molar-refractivity contribution in [3.63, 3.8) is 0 Å². The van der Waals surface area contributed by atoms with Crippen LogP contribution in [0.25, 0.3) is 0 Å². The highest BCUT2D eigenvalue weighted by atomic mass is 35.5. The van der Waals surface area contributed by atoms with Gasteiger partial charge in [0.2, 0.25) is 0 Å². The maximum absolute atomic E-state index is 12.0. The minimum absolute atomic E-state index is 0.229. The number of hydrogen-bond acceptors (Lipinski definition) is 5. The Labute approximate surface area is 154 Å². The lowest BCUT2D eigenvalue weighted by atomic mass is 10.2. The van der Waals surface area contributed by atoms with Gasteiger partial charge in [0, 0.05) is 11.9 Å². The highest BCUT2D eigenvalue weighted by Gasteiger charge is 2.10. The number of hydrazone groups is 1. The van der Waals surface area contributed by atoms with Crippen LogP contribution < -0.4 is 14.9 Å². The van der Waals surface area contributed by atoms with Gasteiger partial charge in [0.05, 0.1) is 23.9 Å². The molecule has 0 spiro atoms. The maximum Gasteiger partial charge on any atom is 0.308 e. The molecule has 6 nitrogen and oxygen atoms in total. The normalized spacial score (nSPS) is 10.6. The molecular weight excluding hydrogens is 367 g/mol. The van der Waals surface area contributed by atoms with Crippen LogP contribution in [0.5, 0.6) is 11.5 Å². The number of esters is 1. The Kier molecular flexibility index (Phi) is 6.38. The fourth-order valence-corrected chi connectivity index (χ4v) is 2.40. The molecule has 0 saturated carbocycles. The first-order valence-corrected chi connectivity index (χ1v) is 7.81. The Balaban J connectivity index is 2.08. The average molecular weight is 381 g/mol. The van der Waals surface area contributed by atoms with E-state index in [9.17, 15) is 9.59 Å². The molecule has 2 aromatic rings. The fourth-order valence-electron chi connectivity index (χ4n) is 1.90. The standard InChI is InChI=1S/C17H14Cl2N2O4/c1-10(22)25-15-6-3-11(7-16(15)24-2)9-20-21-17(23)13-5-4-12(18)8-14(13)19/h3-9H,1-2H3,(H,21,23)/b20-9+. The Morgan fingerprint density at radius 1 is 1.12 bits per heavy atom. The summed E-state index contributed by atoms with van der Waals surface area (Å²) in [5.74, 6) is -0.261. The number of methoxy groups -OCH3 is 1. The second-order valence-corrected chi connectivity index (χ2v) is 5.67. The molecule has 0 aliphatic heterocycles. The van der Waals surface area contributed by atoms with Crippen molar-refractivity contribution in [2.24, 2.45) is 5.10 Å². The Morgan fingerprint density at radius 3 is 2.52 bits per heavy atom. The van der Waals surface area contributed by atoms with Crippen molar-refractivity contribution in [2.45, 2.75) is 6.92 Å². The highest BCUT2D eigenvalue weighted by molar-refractivity contribution is 6.36. The zero-order valence-electron chi connectivity index (χ0n) is 13.4. The molecule has 8 heteroatoms. The number of rotatable bonds is 5. The second kappa shape index (κ2) is 8.50. The van der Waals surface area contributed by atoms with Crippen molar-refractivity contribution in [3.8, 4) is 11.5 Å². The first kappa shape index (κ1) is 18.8. The summed E-state index contributed by atoms with van der Waals surface area (Å²) in [5, 5.41) is 4.53. The van der Waals surface area contributed by atoms with Crippen LogP contribution in [0.4, 0.5) is 0 Å². The molecule has 2 aromatic carbocycles. The largest absolute Gasteiger partial charge is 0.493 e. The molecule has 0 aromatic heterocycles. The Hall–Kier alpha value is -2.57. The summed E-state index contributed by atoms with van der Waals surface area (Å²) in [7, 11) is 1.45. The van der Waals surface area contributed by atoms with Gasteiger partial charge in [-0.3, -0.25) is 9.59 Å². The van der Waals surface area contributed by atoms with E-state index in [0.29, 0.717) is 22.1 Å². The van der Waals surface area contributed by atoms with Crippen molar-refractivity contribution in [2.75, 3.05) is 7.11 Å². The SMILES string of the molecule is COc1cc(/C=N/NC(=O)c2ccc(Cl)cc2Cl)ccc1OC(C)=O. The van der Waals surface area contributed by atoms with E-state index in [2.05, 4.69) is 10.5 Å². The molecule has 130 valence electrons. The van der Waals surface area contributed by atoms with Gasteiger partial charge in [-0.2, -0.15) is 5.10 Å². The molecule has 0 unspecified atom stereocenters. The van der Waals surface area contributed by atoms with E-state index in [-0.39, 0.29) is 10.6 Å². The molecule has 1 amide bonds. The number of amides is 1. The number of benzene rings is 2. The van der Waals surface area contributed by atoms with Crippen molar-refractivity contribution >= 4 is 41.3 Å². The van der Waals surface area contributed by atoms with Gasteiger partial charge in [0.1, 0.15) is 0 Å². The second-order valence-electron chi connectivity index (χ2n) is 4.83. The minimum atomic E-state index is -0.471. The molecule has 0 radical (unpaired) electrons. The summed E-state index contributed by atoms with van der Waals surface area (Å²) in [6, 6.07) is 9.38. The van der Waals surface area contributed by atoms with Crippen LogP contribution in [-0.2, 0) is 4.79 Å². The van der Waals surface area contributed by atoms with E-state index in [0.717, 1.165) is 0 Å². The molecule has 25 heavy (non-hydrogen) atoms. The van der Waals surface area contributed by atoms with Crippen LogP contribution in [0.3, 0.4) is 0 Å². The lowest BCUT2D eigenvalue weighted by Crippen LogP contribution is -2.18. The van der Waals surface area contributed by atoms with Crippen molar-refractivity contribution in [1.29, 1.82) is 0 Å². The molecule has 0 bridgehead atoms. The van der Waals surface area contributed by atoms with Crippen LogP contribution in [0.15, 0.2) is 41.5 Å². The van der Waals surface area contributed by atoms with Gasteiger partial charge >= 0.3 is 5.97 Å². The van der Waals surface area contributed by atoms with E-state index in [4.69, 9.17) is 32.7 Å². The molecule has 0 saturated heterocycles. The first-order valence-electron chi connectivity index (χ1n) is 7.05. The molecule has 0 aliphatic rings. The lowest BCUT2D eigenvalue weighted by Gasteiger charge is -2.08. The molecule has 2 rings (SSSR count). The quantitative estimate of drug-likeness (QED) is 0.371. The van der Waals surface area contributed by atoms with Gasteiger partial charge < -0.3 is 9.47 Å². The zero-order chi connectivity index (χ0) is 18.4. The van der Waals surface area contributed by atoms with Gasteiger partial charge in [-0.1, -0.05) is 23.2 Å². The lowest BCUT2D eigenvalue weighted by molar-refractivity contribution is -0.132. The smallest absolute Gasteiger partial charge is 0.308 e. The van der Waals surface area contributed by atoms with Crippen molar-refractivity contribution in [3.05, 3.63) is 57.6 Å². The highest BCUT2D eigenvalue weighted by Crippen LogP contribution is 2.27. The first-order chi connectivity index (χ1) is 11.9. The summed E-state index contributed by atoms with van der Waals surface area (Å²) in [6.45, 7) is 1.30. The van der Waals surface area contributed by atoms with Gasteiger partial charge in [-0.15, -0.1) is 0 Å². The van der Waals surface area contributed by atoms with Gasteiger partial charge in [-0.05, 0) is 42.0 Å². The third kappa shape index (κ3) is 5.20. The summed E-state index contributed by atoms with van der Waals surface area (Å²) in [5.41, 5.74) is 3.26. The number of halogens is 2. The Bertz CT molecular complexity index is 837. The summed E-state index contributed by atoms with van der Waals surface area (Å²) in [6.07, 6.45) is 1.42. The predicted molar refractivity (Wildman–Crippen MR) is 95.8 cm³/mol. The number of hydrogen-bond donors (Lipinski definition) is 1. The number of nitrogens with zero attached hydrogens (tertiary/aromatic N) is 1. The van der Waals surface area contributed by atoms with Crippen LogP contribution in [0, 0.1) is 0 Å². The third-order valence-corrected chi connectivity index (χ3v) is 3.54. The van der Waals surface area contributed by atoms with Crippen LogP contribution in [-0.4, -0.2) is 25.2 Å². The molecule has 1 N–H and O–H groups in total. The summed E-state index contributed by atoms with van der Waals surface area (Å²) < 4.78 is 10.2. The topological polar surface area (TPSA) is 77.0 Å². The molecule has 0 fully saturated rings. The number of nitrogens with one attached hydrogen (secondary N) is 1. The Morgan fingerprint density at radius 2 is 1.88 bits per heavy atom. The van der Waals surface area contributed by atoms with Crippen LogP contribution >= 0.6 is 23.2 Å². The molecular formula is C17H14Cl2N2O4. The number of carbonyl (C=O) groups excluding carboxylic acids is 2. The van der Waals surface area contributed by atoms with Crippen LogP contribution in [0.1, 0.15) is 22.8 Å². The maximum atomic E-state index is 12.0. The number of carbonyl (C=O) groups is 2. The van der Waals surface area contributed by atoms with Crippen molar-refractivity contribution < 1.29 is 19.1 Å². The molecule has 0 heterocycles. The van der Waals surface area contributed by atoms with Gasteiger partial charge in [0.15, 0.2) is 11.5 Å². The van der Waals surface area contributed by atoms with Crippen molar-refractivity contribution in [1.82, 2.24) is 5.43 Å². The van der Waals surface area contributed by atoms with Gasteiger partial charge in [0.25, 0.3) is 5.91 Å². The van der Waals surface area contributed by atoms with E-state index < -0.39 is 11.9 Å². The summed E-state index contributed by atoms with van der Waals surface area (Å²) >= 11 is 11.8. The zero-order valence-corrected chi connectivity index (χ0v) is 14.9.